The molecule has 4 N–H and O–H groups in total. The van der Waals surface area contributed by atoms with Crippen LogP contribution in [0.3, 0.4) is 0 Å². The topological polar surface area (TPSA) is 131 Å². The van der Waals surface area contributed by atoms with Gasteiger partial charge in [0.15, 0.2) is 0 Å². The summed E-state index contributed by atoms with van der Waals surface area (Å²) in [5.74, 6) is 1.01. The number of benzene rings is 1. The molecule has 0 aliphatic heterocycles. The second-order valence-corrected chi connectivity index (χ2v) is 8.97. The van der Waals surface area contributed by atoms with Gasteiger partial charge in [0.1, 0.15) is 11.6 Å². The second kappa shape index (κ2) is 12.8. The number of likely N-dealkylation sites (N-methyl/N-ethyl adjacent to an activating group) is 2. The third-order valence-corrected chi connectivity index (χ3v) is 5.91. The Hall–Kier alpha value is -4.22. The van der Waals surface area contributed by atoms with E-state index in [-0.39, 0.29) is 11.9 Å². The molecular weight excluding hydrogens is 506 g/mol. The van der Waals surface area contributed by atoms with E-state index >= 15 is 0 Å². The molecule has 0 atom stereocenters. The van der Waals surface area contributed by atoms with Gasteiger partial charge in [0.25, 0.3) is 0 Å². The first-order valence-corrected chi connectivity index (χ1v) is 12.1. The molecule has 0 bridgehead atoms. The summed E-state index contributed by atoms with van der Waals surface area (Å²) in [4.78, 5) is 29.6. The number of anilines is 5. The van der Waals surface area contributed by atoms with Gasteiger partial charge >= 0.3 is 0 Å². The van der Waals surface area contributed by atoms with Crippen molar-refractivity contribution in [1.82, 2.24) is 19.9 Å². The number of carbonyl (C=O) groups excluding carboxylic acids is 1. The van der Waals surface area contributed by atoms with E-state index in [9.17, 15) is 4.79 Å². The fourth-order valence-electron chi connectivity index (χ4n) is 3.59. The highest BCUT2D eigenvalue weighted by molar-refractivity contribution is 6.33. The Bertz CT molecular complexity index is 1330. The minimum atomic E-state index is -0.340. The van der Waals surface area contributed by atoms with Gasteiger partial charge in [0.05, 0.1) is 41.1 Å². The summed E-state index contributed by atoms with van der Waals surface area (Å²) in [6, 6.07) is 5.37. The van der Waals surface area contributed by atoms with Gasteiger partial charge in [-0.1, -0.05) is 18.2 Å². The molecule has 1 aromatic carbocycles. The number of pyridine rings is 1. The zero-order valence-corrected chi connectivity index (χ0v) is 22.8. The highest BCUT2D eigenvalue weighted by atomic mass is 35.5. The molecule has 3 rings (SSSR count). The first-order chi connectivity index (χ1) is 18.2. The summed E-state index contributed by atoms with van der Waals surface area (Å²) in [5.41, 5.74) is 3.54. The van der Waals surface area contributed by atoms with Crippen molar-refractivity contribution in [3.63, 3.8) is 0 Å². The van der Waals surface area contributed by atoms with Crippen LogP contribution in [0.15, 0.2) is 43.2 Å². The molecule has 0 unspecified atom stereocenters. The highest BCUT2D eigenvalue weighted by Gasteiger charge is 2.17. The lowest BCUT2D eigenvalue weighted by Crippen LogP contribution is -2.29. The maximum atomic E-state index is 12.2. The van der Waals surface area contributed by atoms with Gasteiger partial charge in [-0.3, -0.25) is 4.79 Å². The monoisotopic (exact) mass is 537 g/mol. The summed E-state index contributed by atoms with van der Waals surface area (Å²) < 4.78 is 5.66. The van der Waals surface area contributed by atoms with Crippen LogP contribution in [0, 0.1) is 5.41 Å². The Morgan fingerprint density at radius 3 is 2.55 bits per heavy atom. The van der Waals surface area contributed by atoms with E-state index in [2.05, 4.69) is 42.4 Å². The van der Waals surface area contributed by atoms with Gasteiger partial charge in [-0.2, -0.15) is 0 Å². The molecule has 11 nitrogen and oxygen atoms in total. The lowest BCUT2D eigenvalue weighted by molar-refractivity contribution is -0.111. The number of hydrogen-bond donors (Lipinski definition) is 4. The van der Waals surface area contributed by atoms with E-state index < -0.39 is 0 Å². The number of nitrogens with zero attached hydrogens (tertiary/aromatic N) is 5. The largest absolute Gasteiger partial charge is 0.494 e. The van der Waals surface area contributed by atoms with Gasteiger partial charge < -0.3 is 35.9 Å². The average molecular weight is 538 g/mol. The molecule has 3 aromatic rings. The SMILES string of the molecule is C=CC(=O)Nc1cc(Nc2ncc(Cl)c(-c3cnc(NC)c(C=N)c3)n2)c(OC)cc1N(C)CCN(C)C. The summed E-state index contributed by atoms with van der Waals surface area (Å²) in [7, 11) is 9.24. The van der Waals surface area contributed by atoms with E-state index in [1.807, 2.05) is 32.1 Å². The normalized spacial score (nSPS) is 10.6. The first-order valence-electron chi connectivity index (χ1n) is 11.7. The molecular formula is C26H32ClN9O2. The van der Waals surface area contributed by atoms with Crippen LogP contribution < -0.4 is 25.6 Å². The maximum Gasteiger partial charge on any atom is 0.247 e. The molecule has 38 heavy (non-hydrogen) atoms. The minimum absolute atomic E-state index is 0.256. The quantitative estimate of drug-likeness (QED) is 0.199. The predicted octanol–water partition coefficient (Wildman–Crippen LogP) is 4.11. The van der Waals surface area contributed by atoms with Crippen LogP contribution in [0.5, 0.6) is 5.75 Å². The molecule has 0 saturated carbocycles. The molecule has 2 aromatic heterocycles. The van der Waals surface area contributed by atoms with Crippen molar-refractivity contribution in [2.75, 3.05) is 69.2 Å². The van der Waals surface area contributed by atoms with Crippen LogP contribution in [0.4, 0.5) is 28.8 Å². The first kappa shape index (κ1) is 28.4. The zero-order chi connectivity index (χ0) is 27.8. The number of methoxy groups -OCH3 is 1. The number of nitrogens with one attached hydrogen (secondary N) is 4. The summed E-state index contributed by atoms with van der Waals surface area (Å²) in [6.07, 6.45) is 5.53. The van der Waals surface area contributed by atoms with Crippen molar-refractivity contribution in [3.8, 4) is 17.0 Å². The predicted molar refractivity (Wildman–Crippen MR) is 155 cm³/mol. The molecule has 1 amide bonds. The molecule has 0 spiro atoms. The third-order valence-electron chi connectivity index (χ3n) is 5.63. The van der Waals surface area contributed by atoms with Gasteiger partial charge in [-0.15, -0.1) is 0 Å². The van der Waals surface area contributed by atoms with E-state index in [0.717, 1.165) is 18.8 Å². The number of halogens is 1. The average Bonchev–Trinajstić information content (AvgIpc) is 2.92. The van der Waals surface area contributed by atoms with E-state index in [4.69, 9.17) is 21.7 Å². The van der Waals surface area contributed by atoms with Crippen molar-refractivity contribution in [2.24, 2.45) is 0 Å². The highest BCUT2D eigenvalue weighted by Crippen LogP contribution is 2.38. The van der Waals surface area contributed by atoms with Gasteiger partial charge in [-0.05, 0) is 32.3 Å². The zero-order valence-electron chi connectivity index (χ0n) is 22.1. The molecule has 2 heterocycles. The molecule has 0 radical (unpaired) electrons. The fraction of sp³-hybridized carbons (Fsp3) is 0.269. The number of carbonyl (C=O) groups is 1. The van der Waals surface area contributed by atoms with Crippen LogP contribution in [0.1, 0.15) is 5.56 Å². The van der Waals surface area contributed by atoms with Crippen molar-refractivity contribution in [1.29, 1.82) is 5.41 Å². The number of amides is 1. The van der Waals surface area contributed by atoms with Crippen LogP contribution >= 0.6 is 11.6 Å². The fourth-order valence-corrected chi connectivity index (χ4v) is 3.79. The molecule has 0 aliphatic rings. The van der Waals surface area contributed by atoms with E-state index in [1.54, 1.807) is 32.5 Å². The number of aromatic nitrogens is 3. The number of rotatable bonds is 12. The molecule has 0 saturated heterocycles. The van der Waals surface area contributed by atoms with Crippen LogP contribution in [0.2, 0.25) is 5.02 Å². The van der Waals surface area contributed by atoms with E-state index in [0.29, 0.717) is 44.8 Å². The minimum Gasteiger partial charge on any atom is -0.494 e. The number of ether oxygens (including phenoxy) is 1. The molecule has 12 heteroatoms. The molecule has 200 valence electrons. The Labute approximate surface area is 227 Å². The summed E-state index contributed by atoms with van der Waals surface area (Å²) in [6.45, 7) is 5.10. The van der Waals surface area contributed by atoms with Crippen LogP contribution in [0.25, 0.3) is 11.3 Å². The third kappa shape index (κ3) is 6.75. The van der Waals surface area contributed by atoms with Gasteiger partial charge in [0.2, 0.25) is 11.9 Å². The Morgan fingerprint density at radius 1 is 1.16 bits per heavy atom. The van der Waals surface area contributed by atoms with E-state index in [1.165, 1.54) is 18.5 Å². The van der Waals surface area contributed by atoms with Crippen molar-refractivity contribution in [3.05, 3.63) is 53.8 Å². The standard InChI is InChI=1S/C26H32ClN9O2/c1-7-23(37)32-19-11-20(22(38-6)12-21(19)36(5)9-8-35(3)4)33-26-31-15-18(27)24(34-26)17-10-16(13-28)25(29-2)30-14-17/h7,10-15,28H,1,8-9H2,2-6H3,(H,29,30)(H,32,37)(H,31,33,34). The summed E-state index contributed by atoms with van der Waals surface area (Å²) >= 11 is 6.42. The molecule has 0 fully saturated rings. The van der Waals surface area contributed by atoms with Crippen LogP contribution in [-0.2, 0) is 4.79 Å². The van der Waals surface area contributed by atoms with Crippen molar-refractivity contribution < 1.29 is 9.53 Å². The van der Waals surface area contributed by atoms with Crippen LogP contribution in [-0.4, -0.2) is 80.4 Å². The summed E-state index contributed by atoms with van der Waals surface area (Å²) in [5, 5.41) is 17.0. The Kier molecular flexibility index (Phi) is 9.58. The molecule has 0 aliphatic carbocycles. The second-order valence-electron chi connectivity index (χ2n) is 8.56. The maximum absolute atomic E-state index is 12.2. The van der Waals surface area contributed by atoms with Crippen molar-refractivity contribution in [2.45, 2.75) is 0 Å². The lowest BCUT2D eigenvalue weighted by atomic mass is 10.1. The Balaban J connectivity index is 2.03. The van der Waals surface area contributed by atoms with Gasteiger partial charge in [0, 0.05) is 56.8 Å². The smallest absolute Gasteiger partial charge is 0.247 e. The Morgan fingerprint density at radius 2 is 1.92 bits per heavy atom. The lowest BCUT2D eigenvalue weighted by Gasteiger charge is -2.26. The number of hydrogen-bond acceptors (Lipinski definition) is 10. The van der Waals surface area contributed by atoms with Crippen molar-refractivity contribution >= 4 is 52.6 Å². The van der Waals surface area contributed by atoms with Gasteiger partial charge in [-0.25, -0.2) is 15.0 Å².